The molecule has 1 N–H and O–H groups in total. The minimum Gasteiger partial charge on any atom is -0.507 e. The molecule has 80 valence electrons. The molecule has 1 aliphatic rings. The zero-order chi connectivity index (χ0) is 10.8. The SMILES string of the molecule is CCCc1ncc(C(O)=C2CC2)cc1Cl. The van der Waals surface area contributed by atoms with Crippen molar-refractivity contribution in [2.24, 2.45) is 0 Å². The highest BCUT2D eigenvalue weighted by Gasteiger charge is 2.19. The molecule has 1 saturated carbocycles. The zero-order valence-electron chi connectivity index (χ0n) is 8.76. The lowest BCUT2D eigenvalue weighted by molar-refractivity contribution is 0.509. The Morgan fingerprint density at radius 2 is 2.27 bits per heavy atom. The van der Waals surface area contributed by atoms with E-state index in [1.807, 2.05) is 0 Å². The molecule has 1 heterocycles. The first-order chi connectivity index (χ1) is 7.22. The van der Waals surface area contributed by atoms with Crippen LogP contribution in [0.25, 0.3) is 5.76 Å². The Bertz CT molecular complexity index is 406. The molecule has 0 amide bonds. The van der Waals surface area contributed by atoms with Crippen LogP contribution >= 0.6 is 11.6 Å². The normalized spacial score (nSPS) is 14.1. The van der Waals surface area contributed by atoms with Crippen molar-refractivity contribution in [2.75, 3.05) is 0 Å². The summed E-state index contributed by atoms with van der Waals surface area (Å²) in [6.45, 7) is 2.09. The third-order valence-corrected chi connectivity index (χ3v) is 2.84. The van der Waals surface area contributed by atoms with E-state index in [1.165, 1.54) is 0 Å². The molecule has 0 radical (unpaired) electrons. The van der Waals surface area contributed by atoms with Gasteiger partial charge in [0.05, 0.1) is 10.7 Å². The Hall–Kier alpha value is -1.02. The smallest absolute Gasteiger partial charge is 0.123 e. The number of hydrogen-bond acceptors (Lipinski definition) is 2. The minimum absolute atomic E-state index is 0.368. The number of aliphatic hydroxyl groups excluding tert-OH is 1. The van der Waals surface area contributed by atoms with E-state index in [2.05, 4.69) is 11.9 Å². The van der Waals surface area contributed by atoms with Gasteiger partial charge in [-0.25, -0.2) is 0 Å². The molecule has 2 nitrogen and oxygen atoms in total. The minimum atomic E-state index is 0.368. The van der Waals surface area contributed by atoms with Gasteiger partial charge >= 0.3 is 0 Å². The van der Waals surface area contributed by atoms with Crippen molar-refractivity contribution >= 4 is 17.4 Å². The van der Waals surface area contributed by atoms with Crippen LogP contribution in [-0.4, -0.2) is 10.1 Å². The number of aliphatic hydroxyl groups is 1. The highest BCUT2D eigenvalue weighted by Crippen LogP contribution is 2.35. The summed E-state index contributed by atoms with van der Waals surface area (Å²) in [5.41, 5.74) is 2.76. The molecule has 1 fully saturated rings. The van der Waals surface area contributed by atoms with Gasteiger partial charge in [0.15, 0.2) is 0 Å². The molecular formula is C12H14ClNO. The van der Waals surface area contributed by atoms with Crippen LogP contribution in [0, 0.1) is 0 Å². The summed E-state index contributed by atoms with van der Waals surface area (Å²) in [5, 5.41) is 10.4. The summed E-state index contributed by atoms with van der Waals surface area (Å²) in [6, 6.07) is 1.81. The molecule has 1 aromatic rings. The summed E-state index contributed by atoms with van der Waals surface area (Å²) in [7, 11) is 0. The fraction of sp³-hybridized carbons (Fsp3) is 0.417. The van der Waals surface area contributed by atoms with E-state index in [0.29, 0.717) is 10.8 Å². The maximum Gasteiger partial charge on any atom is 0.123 e. The van der Waals surface area contributed by atoms with Gasteiger partial charge in [-0.3, -0.25) is 4.98 Å². The number of allylic oxidation sites excluding steroid dienone is 1. The number of pyridine rings is 1. The van der Waals surface area contributed by atoms with Gasteiger partial charge in [-0.1, -0.05) is 24.9 Å². The van der Waals surface area contributed by atoms with Crippen molar-refractivity contribution in [2.45, 2.75) is 32.6 Å². The van der Waals surface area contributed by atoms with Crippen molar-refractivity contribution in [3.63, 3.8) is 0 Å². The van der Waals surface area contributed by atoms with Gasteiger partial charge in [0.2, 0.25) is 0 Å². The lowest BCUT2D eigenvalue weighted by Gasteiger charge is -2.04. The lowest BCUT2D eigenvalue weighted by atomic mass is 10.1. The molecule has 15 heavy (non-hydrogen) atoms. The summed E-state index contributed by atoms with van der Waals surface area (Å²) >= 11 is 6.08. The molecule has 1 aromatic heterocycles. The monoisotopic (exact) mass is 223 g/mol. The second-order valence-corrected chi connectivity index (χ2v) is 4.26. The first-order valence-corrected chi connectivity index (χ1v) is 5.66. The van der Waals surface area contributed by atoms with Gasteiger partial charge in [-0.15, -0.1) is 0 Å². The van der Waals surface area contributed by atoms with Crippen LogP contribution in [-0.2, 0) is 6.42 Å². The van der Waals surface area contributed by atoms with Gasteiger partial charge in [-0.2, -0.15) is 0 Å². The first-order valence-electron chi connectivity index (χ1n) is 5.28. The molecule has 0 bridgehead atoms. The second-order valence-electron chi connectivity index (χ2n) is 3.85. The molecule has 2 rings (SSSR count). The summed E-state index contributed by atoms with van der Waals surface area (Å²) < 4.78 is 0. The van der Waals surface area contributed by atoms with Crippen LogP contribution in [0.2, 0.25) is 5.02 Å². The molecule has 0 aromatic carbocycles. The average Bonchev–Trinajstić information content (AvgIpc) is 3.04. The van der Waals surface area contributed by atoms with Crippen molar-refractivity contribution in [3.8, 4) is 0 Å². The predicted octanol–water partition coefficient (Wildman–Crippen LogP) is 3.75. The summed E-state index contributed by atoms with van der Waals surface area (Å²) in [4.78, 5) is 4.27. The predicted molar refractivity (Wildman–Crippen MR) is 62.0 cm³/mol. The van der Waals surface area contributed by atoms with Crippen molar-refractivity contribution < 1.29 is 5.11 Å². The summed E-state index contributed by atoms with van der Waals surface area (Å²) in [5.74, 6) is 0.368. The van der Waals surface area contributed by atoms with Crippen LogP contribution in [0.4, 0.5) is 0 Å². The maximum absolute atomic E-state index is 9.79. The molecule has 0 saturated heterocycles. The Morgan fingerprint density at radius 1 is 1.53 bits per heavy atom. The lowest BCUT2D eigenvalue weighted by Crippen LogP contribution is -1.93. The third-order valence-electron chi connectivity index (χ3n) is 2.51. The van der Waals surface area contributed by atoms with E-state index in [4.69, 9.17) is 11.6 Å². The van der Waals surface area contributed by atoms with Crippen LogP contribution < -0.4 is 0 Å². The van der Waals surface area contributed by atoms with E-state index >= 15 is 0 Å². The highest BCUT2D eigenvalue weighted by atomic mass is 35.5. The molecule has 1 aliphatic carbocycles. The molecular weight excluding hydrogens is 210 g/mol. The molecule has 0 spiro atoms. The van der Waals surface area contributed by atoms with Crippen LogP contribution in [0.5, 0.6) is 0 Å². The average molecular weight is 224 g/mol. The van der Waals surface area contributed by atoms with Crippen molar-refractivity contribution in [1.29, 1.82) is 0 Å². The van der Waals surface area contributed by atoms with Crippen molar-refractivity contribution in [3.05, 3.63) is 34.1 Å². The van der Waals surface area contributed by atoms with Gasteiger partial charge in [0.1, 0.15) is 5.76 Å². The molecule has 0 unspecified atom stereocenters. The van der Waals surface area contributed by atoms with Crippen LogP contribution in [0.3, 0.4) is 0 Å². The number of hydrogen-bond donors (Lipinski definition) is 1. The molecule has 3 heteroatoms. The number of halogens is 1. The van der Waals surface area contributed by atoms with E-state index in [-0.39, 0.29) is 0 Å². The third kappa shape index (κ3) is 2.32. The van der Waals surface area contributed by atoms with Gasteiger partial charge in [-0.05, 0) is 30.9 Å². The highest BCUT2D eigenvalue weighted by molar-refractivity contribution is 6.31. The standard InChI is InChI=1S/C12H14ClNO/c1-2-3-11-10(13)6-9(7-14-11)12(15)8-4-5-8/h6-7,15H,2-5H2,1H3. The Labute approximate surface area is 94.6 Å². The fourth-order valence-corrected chi connectivity index (χ4v) is 1.78. The molecule has 0 atom stereocenters. The molecule has 0 aliphatic heterocycles. The topological polar surface area (TPSA) is 33.1 Å². The van der Waals surface area contributed by atoms with Gasteiger partial charge < -0.3 is 5.11 Å². The largest absolute Gasteiger partial charge is 0.507 e. The van der Waals surface area contributed by atoms with E-state index < -0.39 is 0 Å². The first kappa shape index (κ1) is 10.5. The Kier molecular flexibility index (Phi) is 2.96. The zero-order valence-corrected chi connectivity index (χ0v) is 9.51. The maximum atomic E-state index is 9.79. The van der Waals surface area contributed by atoms with Crippen molar-refractivity contribution in [1.82, 2.24) is 4.98 Å². The van der Waals surface area contributed by atoms with E-state index in [1.54, 1.807) is 12.3 Å². The number of aryl methyl sites for hydroxylation is 1. The number of nitrogens with zero attached hydrogens (tertiary/aromatic N) is 1. The Balaban J connectivity index is 2.29. The van der Waals surface area contributed by atoms with E-state index in [9.17, 15) is 5.11 Å². The van der Waals surface area contributed by atoms with E-state index in [0.717, 1.165) is 42.5 Å². The summed E-state index contributed by atoms with van der Waals surface area (Å²) in [6.07, 6.45) is 5.62. The van der Waals surface area contributed by atoms with Crippen LogP contribution in [0.1, 0.15) is 37.4 Å². The quantitative estimate of drug-likeness (QED) is 0.792. The van der Waals surface area contributed by atoms with Gasteiger partial charge in [0.25, 0.3) is 0 Å². The second kappa shape index (κ2) is 4.23. The number of aromatic nitrogens is 1. The Morgan fingerprint density at radius 3 is 2.80 bits per heavy atom. The van der Waals surface area contributed by atoms with Gasteiger partial charge in [0, 0.05) is 11.8 Å². The fourth-order valence-electron chi connectivity index (χ4n) is 1.52. The van der Waals surface area contributed by atoms with Crippen LogP contribution in [0.15, 0.2) is 17.8 Å². The number of rotatable bonds is 3.